The molecule has 0 saturated carbocycles. The maximum atomic E-state index is 12.7. The Labute approximate surface area is 152 Å². The molecular weight excluding hydrogens is 326 g/mol. The van der Waals surface area contributed by atoms with Crippen LogP contribution in [0.1, 0.15) is 40.6 Å². The van der Waals surface area contributed by atoms with Crippen molar-refractivity contribution < 1.29 is 4.79 Å². The number of nitrogens with zero attached hydrogens (tertiary/aromatic N) is 5. The second-order valence-electron chi connectivity index (χ2n) is 6.60. The zero-order valence-electron chi connectivity index (χ0n) is 14.7. The minimum absolute atomic E-state index is 0.0457. The average molecular weight is 347 g/mol. The Kier molecular flexibility index (Phi) is 4.48. The molecule has 132 valence electrons. The van der Waals surface area contributed by atoms with Crippen LogP contribution in [0.2, 0.25) is 0 Å². The van der Waals surface area contributed by atoms with E-state index in [4.69, 9.17) is 4.98 Å². The van der Waals surface area contributed by atoms with Gasteiger partial charge in [-0.1, -0.05) is 6.07 Å². The van der Waals surface area contributed by atoms with Crippen molar-refractivity contribution in [1.29, 1.82) is 0 Å². The Bertz CT molecular complexity index is 905. The summed E-state index contributed by atoms with van der Waals surface area (Å²) in [5, 5.41) is 0. The smallest absolute Gasteiger partial charge is 0.255 e. The number of aryl methyl sites for hydroxylation is 1. The molecule has 0 spiro atoms. The highest BCUT2D eigenvalue weighted by Gasteiger charge is 2.26. The summed E-state index contributed by atoms with van der Waals surface area (Å²) >= 11 is 0. The number of hydrogen-bond donors (Lipinski definition) is 0. The van der Waals surface area contributed by atoms with E-state index in [0.29, 0.717) is 12.1 Å². The van der Waals surface area contributed by atoms with Crippen molar-refractivity contribution in [3.63, 3.8) is 0 Å². The standard InChI is InChI=1S/C20H21N5O/c1-15-22-10-12-25(15)19-8-2-7-18(23-19)17-6-4-11-24(14-17)20(26)16-5-3-9-21-13-16/h2-3,5,7-10,12-13,17H,4,6,11,14H2,1H3/t17-/m1/s1. The van der Waals surface area contributed by atoms with Crippen LogP contribution in [0, 0.1) is 6.92 Å². The number of imidazole rings is 1. The molecule has 1 amide bonds. The van der Waals surface area contributed by atoms with Crippen LogP contribution < -0.4 is 0 Å². The normalized spacial score (nSPS) is 17.3. The third-order valence-corrected chi connectivity index (χ3v) is 4.86. The second-order valence-corrected chi connectivity index (χ2v) is 6.60. The highest BCUT2D eigenvalue weighted by Crippen LogP contribution is 2.27. The van der Waals surface area contributed by atoms with Crippen molar-refractivity contribution in [2.75, 3.05) is 13.1 Å². The number of hydrogen-bond acceptors (Lipinski definition) is 4. The SMILES string of the molecule is Cc1nccn1-c1cccc([C@@H]2CCCN(C(=O)c3cccnc3)C2)n1. The van der Waals surface area contributed by atoms with Crippen LogP contribution in [0.25, 0.3) is 5.82 Å². The first kappa shape index (κ1) is 16.4. The maximum absolute atomic E-state index is 12.7. The van der Waals surface area contributed by atoms with Crippen LogP contribution in [-0.4, -0.2) is 43.4 Å². The van der Waals surface area contributed by atoms with Gasteiger partial charge in [0, 0.05) is 49.5 Å². The second kappa shape index (κ2) is 7.07. The van der Waals surface area contributed by atoms with Crippen molar-refractivity contribution in [2.45, 2.75) is 25.7 Å². The fourth-order valence-electron chi connectivity index (χ4n) is 3.50. The van der Waals surface area contributed by atoms with Gasteiger partial charge < -0.3 is 4.90 Å². The zero-order valence-corrected chi connectivity index (χ0v) is 14.7. The lowest BCUT2D eigenvalue weighted by Gasteiger charge is -2.32. The van der Waals surface area contributed by atoms with Gasteiger partial charge in [-0.15, -0.1) is 0 Å². The summed E-state index contributed by atoms with van der Waals surface area (Å²) in [6, 6.07) is 9.68. The third kappa shape index (κ3) is 3.22. The van der Waals surface area contributed by atoms with Crippen molar-refractivity contribution in [1.82, 2.24) is 24.4 Å². The predicted molar refractivity (Wildman–Crippen MR) is 98.2 cm³/mol. The van der Waals surface area contributed by atoms with E-state index < -0.39 is 0 Å². The first-order valence-electron chi connectivity index (χ1n) is 8.89. The lowest BCUT2D eigenvalue weighted by Crippen LogP contribution is -2.39. The van der Waals surface area contributed by atoms with Gasteiger partial charge in [0.25, 0.3) is 5.91 Å². The largest absolute Gasteiger partial charge is 0.338 e. The quantitative estimate of drug-likeness (QED) is 0.731. The number of piperidine rings is 1. The Morgan fingerprint density at radius 2 is 2.12 bits per heavy atom. The lowest BCUT2D eigenvalue weighted by molar-refractivity contribution is 0.0705. The van der Waals surface area contributed by atoms with E-state index in [0.717, 1.165) is 36.7 Å². The summed E-state index contributed by atoms with van der Waals surface area (Å²) in [4.78, 5) is 27.8. The monoisotopic (exact) mass is 347 g/mol. The van der Waals surface area contributed by atoms with E-state index in [1.807, 2.05) is 40.8 Å². The van der Waals surface area contributed by atoms with Gasteiger partial charge in [0.15, 0.2) is 0 Å². The summed E-state index contributed by atoms with van der Waals surface area (Å²) in [5.74, 6) is 2.07. The summed E-state index contributed by atoms with van der Waals surface area (Å²) in [6.07, 6.45) is 9.03. The molecule has 0 aromatic carbocycles. The number of aromatic nitrogens is 4. The van der Waals surface area contributed by atoms with Gasteiger partial charge in [-0.2, -0.15) is 0 Å². The van der Waals surface area contributed by atoms with Crippen LogP contribution in [-0.2, 0) is 0 Å². The number of carbonyl (C=O) groups excluding carboxylic acids is 1. The van der Waals surface area contributed by atoms with Gasteiger partial charge in [0.05, 0.1) is 5.56 Å². The number of carbonyl (C=O) groups is 1. The summed E-state index contributed by atoms with van der Waals surface area (Å²) < 4.78 is 1.98. The maximum Gasteiger partial charge on any atom is 0.255 e. The van der Waals surface area contributed by atoms with Crippen LogP contribution in [0.15, 0.2) is 55.1 Å². The van der Waals surface area contributed by atoms with Gasteiger partial charge >= 0.3 is 0 Å². The Morgan fingerprint density at radius 3 is 2.88 bits per heavy atom. The van der Waals surface area contributed by atoms with E-state index in [1.54, 1.807) is 24.7 Å². The minimum atomic E-state index is 0.0457. The molecule has 26 heavy (non-hydrogen) atoms. The molecule has 3 aromatic heterocycles. The topological polar surface area (TPSA) is 63.9 Å². The van der Waals surface area contributed by atoms with Crippen molar-refractivity contribution in [3.05, 3.63) is 72.2 Å². The molecule has 1 fully saturated rings. The Balaban J connectivity index is 1.55. The molecule has 4 rings (SSSR count). The van der Waals surface area contributed by atoms with E-state index in [-0.39, 0.29) is 11.8 Å². The van der Waals surface area contributed by atoms with E-state index in [2.05, 4.69) is 16.0 Å². The first-order valence-corrected chi connectivity index (χ1v) is 8.89. The van der Waals surface area contributed by atoms with Gasteiger partial charge in [-0.05, 0) is 44.0 Å². The highest BCUT2D eigenvalue weighted by atomic mass is 16.2. The fourth-order valence-corrected chi connectivity index (χ4v) is 3.50. The predicted octanol–water partition coefficient (Wildman–Crippen LogP) is 2.99. The summed E-state index contributed by atoms with van der Waals surface area (Å²) in [5.41, 5.74) is 1.67. The third-order valence-electron chi connectivity index (χ3n) is 4.86. The van der Waals surface area contributed by atoms with Gasteiger partial charge in [0.1, 0.15) is 11.6 Å². The van der Waals surface area contributed by atoms with E-state index >= 15 is 0 Å². The molecule has 3 aromatic rings. The van der Waals surface area contributed by atoms with Gasteiger partial charge in [0.2, 0.25) is 0 Å². The van der Waals surface area contributed by atoms with Gasteiger partial charge in [-0.25, -0.2) is 9.97 Å². The number of amides is 1. The molecule has 1 aliphatic rings. The number of rotatable bonds is 3. The number of pyridine rings is 2. The first-order chi connectivity index (χ1) is 12.7. The molecule has 1 aliphatic heterocycles. The highest BCUT2D eigenvalue weighted by molar-refractivity contribution is 5.94. The van der Waals surface area contributed by atoms with Gasteiger partial charge in [-0.3, -0.25) is 14.3 Å². The fraction of sp³-hybridized carbons (Fsp3) is 0.300. The van der Waals surface area contributed by atoms with Crippen LogP contribution in [0.3, 0.4) is 0 Å². The Hall–Kier alpha value is -3.02. The molecule has 1 saturated heterocycles. The van der Waals surface area contributed by atoms with Crippen LogP contribution in [0.4, 0.5) is 0 Å². The lowest BCUT2D eigenvalue weighted by atomic mass is 9.94. The molecule has 0 aliphatic carbocycles. The van der Waals surface area contributed by atoms with E-state index in [9.17, 15) is 4.79 Å². The zero-order chi connectivity index (χ0) is 17.9. The Morgan fingerprint density at radius 1 is 1.19 bits per heavy atom. The van der Waals surface area contributed by atoms with Crippen molar-refractivity contribution >= 4 is 5.91 Å². The molecule has 0 bridgehead atoms. The summed E-state index contributed by atoms with van der Waals surface area (Å²) in [7, 11) is 0. The summed E-state index contributed by atoms with van der Waals surface area (Å²) in [6.45, 7) is 3.43. The average Bonchev–Trinajstić information content (AvgIpc) is 3.14. The molecule has 4 heterocycles. The molecule has 1 atom stereocenters. The molecule has 6 nitrogen and oxygen atoms in total. The number of likely N-dealkylation sites (tertiary alicyclic amines) is 1. The van der Waals surface area contributed by atoms with Crippen LogP contribution >= 0.6 is 0 Å². The van der Waals surface area contributed by atoms with Crippen molar-refractivity contribution in [3.8, 4) is 5.82 Å². The molecule has 0 N–H and O–H groups in total. The molecule has 0 radical (unpaired) electrons. The minimum Gasteiger partial charge on any atom is -0.338 e. The van der Waals surface area contributed by atoms with E-state index in [1.165, 1.54) is 0 Å². The van der Waals surface area contributed by atoms with Crippen molar-refractivity contribution in [2.24, 2.45) is 0 Å². The molecule has 6 heteroatoms. The molecule has 0 unspecified atom stereocenters. The van der Waals surface area contributed by atoms with Crippen LogP contribution in [0.5, 0.6) is 0 Å². The molecular formula is C20H21N5O.